The third-order valence-corrected chi connectivity index (χ3v) is 3.20. The van der Waals surface area contributed by atoms with Gasteiger partial charge in [-0.2, -0.15) is 0 Å². The molecule has 0 aromatic carbocycles. The number of aromatic nitrogens is 2. The molecule has 4 nitrogen and oxygen atoms in total. The second kappa shape index (κ2) is 7.74. The summed E-state index contributed by atoms with van der Waals surface area (Å²) < 4.78 is 5.88. The van der Waals surface area contributed by atoms with Gasteiger partial charge in [-0.3, -0.25) is 9.97 Å². The first-order valence-corrected chi connectivity index (χ1v) is 7.47. The van der Waals surface area contributed by atoms with Crippen molar-refractivity contribution in [1.82, 2.24) is 15.3 Å². The van der Waals surface area contributed by atoms with E-state index >= 15 is 0 Å². The number of hydrogen-bond acceptors (Lipinski definition) is 4. The summed E-state index contributed by atoms with van der Waals surface area (Å²) in [5, 5.41) is 3.28. The molecule has 112 valence electrons. The molecular formula is C17H23N3O. The molecule has 21 heavy (non-hydrogen) atoms. The van der Waals surface area contributed by atoms with Crippen LogP contribution in [0.1, 0.15) is 36.6 Å². The van der Waals surface area contributed by atoms with E-state index in [1.807, 2.05) is 37.3 Å². The topological polar surface area (TPSA) is 47.0 Å². The molecule has 0 aliphatic carbocycles. The van der Waals surface area contributed by atoms with Crippen molar-refractivity contribution in [2.75, 3.05) is 6.54 Å². The van der Waals surface area contributed by atoms with Crippen molar-refractivity contribution in [1.29, 1.82) is 0 Å². The van der Waals surface area contributed by atoms with Gasteiger partial charge in [0.25, 0.3) is 0 Å². The van der Waals surface area contributed by atoms with Gasteiger partial charge in [0.15, 0.2) is 0 Å². The van der Waals surface area contributed by atoms with Gasteiger partial charge < -0.3 is 10.1 Å². The average Bonchev–Trinajstić information content (AvgIpc) is 2.52. The minimum Gasteiger partial charge on any atom is -0.485 e. The minimum absolute atomic E-state index is 0.470. The van der Waals surface area contributed by atoms with E-state index in [1.54, 1.807) is 0 Å². The largest absolute Gasteiger partial charge is 0.485 e. The Morgan fingerprint density at radius 1 is 1.05 bits per heavy atom. The van der Waals surface area contributed by atoms with E-state index in [-0.39, 0.29) is 0 Å². The maximum atomic E-state index is 5.88. The molecule has 1 N–H and O–H groups in total. The zero-order valence-electron chi connectivity index (χ0n) is 13.0. The van der Waals surface area contributed by atoms with Crippen LogP contribution in [0.15, 0.2) is 30.3 Å². The lowest BCUT2D eigenvalue weighted by Crippen LogP contribution is -2.13. The van der Waals surface area contributed by atoms with Crippen LogP contribution in [-0.4, -0.2) is 16.5 Å². The number of hydrogen-bond donors (Lipinski definition) is 1. The Labute approximate surface area is 126 Å². The quantitative estimate of drug-likeness (QED) is 0.849. The average molecular weight is 285 g/mol. The lowest BCUT2D eigenvalue weighted by molar-refractivity contribution is 0.296. The van der Waals surface area contributed by atoms with Crippen LogP contribution in [-0.2, 0) is 19.6 Å². The molecule has 0 aliphatic rings. The van der Waals surface area contributed by atoms with Crippen LogP contribution in [0.3, 0.4) is 0 Å². The number of nitrogens with one attached hydrogen (secondary N) is 1. The number of pyridine rings is 2. The molecule has 2 heterocycles. The standard InChI is InChI=1S/C17H23N3O/c1-4-16-17(10-9-13(3)19-16)21-12-15-8-6-7-14(20-15)11-18-5-2/h6-10,18H,4-5,11-12H2,1-3H3. The molecule has 0 saturated heterocycles. The second-order valence-corrected chi connectivity index (χ2v) is 4.94. The fourth-order valence-electron chi connectivity index (χ4n) is 2.10. The maximum absolute atomic E-state index is 5.88. The van der Waals surface area contributed by atoms with Crippen molar-refractivity contribution < 1.29 is 4.74 Å². The van der Waals surface area contributed by atoms with Gasteiger partial charge >= 0.3 is 0 Å². The van der Waals surface area contributed by atoms with Crippen LogP contribution in [0.2, 0.25) is 0 Å². The third kappa shape index (κ3) is 4.53. The van der Waals surface area contributed by atoms with Crippen molar-refractivity contribution in [2.45, 2.75) is 40.3 Å². The predicted molar refractivity (Wildman–Crippen MR) is 84.3 cm³/mol. The molecule has 0 unspecified atom stereocenters. The highest BCUT2D eigenvalue weighted by Gasteiger charge is 2.05. The van der Waals surface area contributed by atoms with E-state index in [9.17, 15) is 0 Å². The van der Waals surface area contributed by atoms with Gasteiger partial charge in [0.1, 0.15) is 12.4 Å². The fraction of sp³-hybridized carbons (Fsp3) is 0.412. The van der Waals surface area contributed by atoms with Crippen LogP contribution in [0.5, 0.6) is 5.75 Å². The minimum atomic E-state index is 0.470. The normalized spacial score (nSPS) is 10.6. The lowest BCUT2D eigenvalue weighted by Gasteiger charge is -2.11. The molecule has 2 aromatic heterocycles. The Kier molecular flexibility index (Phi) is 5.69. The Balaban J connectivity index is 2.02. The van der Waals surface area contributed by atoms with Crippen LogP contribution in [0.4, 0.5) is 0 Å². The van der Waals surface area contributed by atoms with Crippen molar-refractivity contribution in [3.63, 3.8) is 0 Å². The SMILES string of the molecule is CCNCc1cccc(COc2ccc(C)nc2CC)n1. The van der Waals surface area contributed by atoms with Gasteiger partial charge in [-0.05, 0) is 44.2 Å². The van der Waals surface area contributed by atoms with Crippen LogP contribution < -0.4 is 10.1 Å². The number of nitrogens with zero attached hydrogens (tertiary/aromatic N) is 2. The number of ether oxygens (including phenoxy) is 1. The van der Waals surface area contributed by atoms with Crippen LogP contribution in [0.25, 0.3) is 0 Å². The fourth-order valence-corrected chi connectivity index (χ4v) is 2.10. The molecule has 0 fully saturated rings. The first-order valence-electron chi connectivity index (χ1n) is 7.47. The second-order valence-electron chi connectivity index (χ2n) is 4.94. The number of aryl methyl sites for hydroxylation is 2. The summed E-state index contributed by atoms with van der Waals surface area (Å²) in [7, 11) is 0. The summed E-state index contributed by atoms with van der Waals surface area (Å²) in [4.78, 5) is 9.10. The molecule has 0 atom stereocenters. The smallest absolute Gasteiger partial charge is 0.141 e. The van der Waals surface area contributed by atoms with Gasteiger partial charge in [-0.25, -0.2) is 0 Å². The highest BCUT2D eigenvalue weighted by atomic mass is 16.5. The highest BCUT2D eigenvalue weighted by molar-refractivity contribution is 5.29. The van der Waals surface area contributed by atoms with Gasteiger partial charge in [0.2, 0.25) is 0 Å². The van der Waals surface area contributed by atoms with Gasteiger partial charge in [0, 0.05) is 12.2 Å². The zero-order valence-corrected chi connectivity index (χ0v) is 13.0. The van der Waals surface area contributed by atoms with Crippen molar-refractivity contribution in [3.05, 3.63) is 53.1 Å². The molecule has 0 spiro atoms. The van der Waals surface area contributed by atoms with Crippen molar-refractivity contribution >= 4 is 0 Å². The predicted octanol–water partition coefficient (Wildman–Crippen LogP) is 3.04. The van der Waals surface area contributed by atoms with E-state index in [4.69, 9.17) is 4.74 Å². The summed E-state index contributed by atoms with van der Waals surface area (Å²) in [5.41, 5.74) is 3.99. The first kappa shape index (κ1) is 15.4. The molecule has 4 heteroatoms. The summed E-state index contributed by atoms with van der Waals surface area (Å²) in [5.74, 6) is 0.849. The van der Waals surface area contributed by atoms with E-state index in [1.165, 1.54) is 0 Å². The summed E-state index contributed by atoms with van der Waals surface area (Å²) in [6.07, 6.45) is 0.866. The Bertz CT molecular complexity index is 584. The molecule has 0 bridgehead atoms. The van der Waals surface area contributed by atoms with Gasteiger partial charge in [-0.1, -0.05) is 19.9 Å². The highest BCUT2D eigenvalue weighted by Crippen LogP contribution is 2.18. The Hall–Kier alpha value is -1.94. The molecule has 2 aromatic rings. The molecule has 2 rings (SSSR count). The third-order valence-electron chi connectivity index (χ3n) is 3.20. The molecule has 0 amide bonds. The van der Waals surface area contributed by atoms with E-state index in [2.05, 4.69) is 29.1 Å². The van der Waals surface area contributed by atoms with Gasteiger partial charge in [0.05, 0.1) is 17.1 Å². The molecule has 0 saturated carbocycles. The summed E-state index contributed by atoms with van der Waals surface area (Å²) in [6.45, 7) is 8.37. The number of rotatable bonds is 7. The lowest BCUT2D eigenvalue weighted by atomic mass is 10.2. The molecule has 0 aliphatic heterocycles. The van der Waals surface area contributed by atoms with Crippen molar-refractivity contribution in [2.24, 2.45) is 0 Å². The first-order chi connectivity index (χ1) is 10.2. The summed E-state index contributed by atoms with van der Waals surface area (Å²) >= 11 is 0. The maximum Gasteiger partial charge on any atom is 0.141 e. The van der Waals surface area contributed by atoms with Gasteiger partial charge in [-0.15, -0.1) is 0 Å². The van der Waals surface area contributed by atoms with E-state index < -0.39 is 0 Å². The molecule has 0 radical (unpaired) electrons. The Morgan fingerprint density at radius 3 is 2.62 bits per heavy atom. The molecular weight excluding hydrogens is 262 g/mol. The monoisotopic (exact) mass is 285 g/mol. The van der Waals surface area contributed by atoms with E-state index in [0.29, 0.717) is 6.61 Å². The van der Waals surface area contributed by atoms with E-state index in [0.717, 1.165) is 48.0 Å². The van der Waals surface area contributed by atoms with Crippen LogP contribution >= 0.6 is 0 Å². The zero-order chi connectivity index (χ0) is 15.1. The Morgan fingerprint density at radius 2 is 1.86 bits per heavy atom. The van der Waals surface area contributed by atoms with Crippen LogP contribution in [0, 0.1) is 6.92 Å². The van der Waals surface area contributed by atoms with Crippen molar-refractivity contribution in [3.8, 4) is 5.75 Å². The summed E-state index contributed by atoms with van der Waals surface area (Å²) in [6, 6.07) is 10.00.